The van der Waals surface area contributed by atoms with Gasteiger partial charge in [0, 0.05) is 16.5 Å². The van der Waals surface area contributed by atoms with Crippen LogP contribution in [-0.4, -0.2) is 4.98 Å². The average Bonchev–Trinajstić information content (AvgIpc) is 1.94. The first-order chi connectivity index (χ1) is 5.82. The Kier molecular flexibility index (Phi) is 0.446. The van der Waals surface area contributed by atoms with Crippen molar-refractivity contribution >= 4 is 0 Å². The molecular weight excluding hydrogens is 98.1 g/mol. The summed E-state index contributed by atoms with van der Waals surface area (Å²) in [5.74, 6) is 0. The van der Waals surface area contributed by atoms with E-state index < -0.39 is 6.85 Å². The van der Waals surface area contributed by atoms with Gasteiger partial charge in [-0.3, -0.25) is 4.98 Å². The lowest BCUT2D eigenvalue weighted by Crippen LogP contribution is -1.78. The number of hydrogen-bond donors (Lipinski definition) is 0. The second-order valence-corrected chi connectivity index (χ2v) is 1.54. The summed E-state index contributed by atoms with van der Waals surface area (Å²) >= 11 is 0. The molecule has 1 nitrogen and oxygen atoms in total. The van der Waals surface area contributed by atoms with Gasteiger partial charge in [0.25, 0.3) is 0 Å². The quantitative estimate of drug-likeness (QED) is 0.497. The molecule has 1 heterocycles. The van der Waals surface area contributed by atoms with Crippen LogP contribution in [0, 0.1) is 13.8 Å². The molecule has 0 aromatic carbocycles. The minimum Gasteiger partial charge on any atom is -0.264 e. The van der Waals surface area contributed by atoms with E-state index in [-0.39, 0.29) is 17.9 Å². The van der Waals surface area contributed by atoms with E-state index in [0.717, 1.165) is 0 Å². The van der Waals surface area contributed by atoms with Crippen LogP contribution in [0.3, 0.4) is 0 Å². The lowest BCUT2D eigenvalue weighted by Gasteiger charge is -1.92. The largest absolute Gasteiger partial charge is 0.264 e. The van der Waals surface area contributed by atoms with Crippen LogP contribution >= 0.6 is 0 Å². The maximum absolute atomic E-state index is 7.30. The first kappa shape index (κ1) is 1.83. The van der Waals surface area contributed by atoms with E-state index in [4.69, 9.17) is 6.85 Å². The van der Waals surface area contributed by atoms with Gasteiger partial charge in [0.2, 0.25) is 0 Å². The highest BCUT2D eigenvalue weighted by atomic mass is 14.6. The van der Waals surface area contributed by atoms with E-state index in [0.29, 0.717) is 5.56 Å². The Balaban J connectivity index is 3.37. The maximum Gasteiger partial charge on any atom is 0.0843 e. The molecule has 0 radical (unpaired) electrons. The Morgan fingerprint density at radius 2 is 2.62 bits per heavy atom. The summed E-state index contributed by atoms with van der Waals surface area (Å²) in [7, 11) is 0. The molecule has 1 aromatic heterocycles. The summed E-state index contributed by atoms with van der Waals surface area (Å²) < 4.78 is 35.9. The molecule has 1 rings (SSSR count). The molecular formula is C7H9N. The van der Waals surface area contributed by atoms with Crippen LogP contribution in [0.2, 0.25) is 0 Å². The molecule has 0 aliphatic carbocycles. The second kappa shape index (κ2) is 1.95. The number of hydrogen-bond acceptors (Lipinski definition) is 1. The zero-order valence-electron chi connectivity index (χ0n) is 9.52. The molecule has 42 valence electrons. The Hall–Kier alpha value is -0.850. The van der Waals surface area contributed by atoms with Gasteiger partial charge in [0.1, 0.15) is 0 Å². The first-order valence-electron chi connectivity index (χ1n) is 4.77. The normalized spacial score (nSPS) is 19.9. The van der Waals surface area contributed by atoms with E-state index in [1.54, 1.807) is 0 Å². The highest BCUT2D eigenvalue weighted by molar-refractivity contribution is 5.18. The highest BCUT2D eigenvalue weighted by Gasteiger charge is 1.84. The van der Waals surface area contributed by atoms with Gasteiger partial charge in [0.05, 0.1) is 2.74 Å². The summed E-state index contributed by atoms with van der Waals surface area (Å²) in [6, 6.07) is 1.18. The van der Waals surface area contributed by atoms with Crippen LogP contribution in [0.15, 0.2) is 18.4 Å². The van der Waals surface area contributed by atoms with E-state index in [1.807, 2.05) is 0 Å². The van der Waals surface area contributed by atoms with Crippen LogP contribution in [0.1, 0.15) is 18.0 Å². The Bertz CT molecular complexity index is 330. The fourth-order valence-electron chi connectivity index (χ4n) is 0.381. The van der Waals surface area contributed by atoms with Crippen molar-refractivity contribution in [3.05, 3.63) is 29.5 Å². The lowest BCUT2D eigenvalue weighted by molar-refractivity contribution is 1.22. The average molecular weight is 112 g/mol. The van der Waals surface area contributed by atoms with Crippen molar-refractivity contribution in [1.82, 2.24) is 4.98 Å². The molecule has 0 N–H and O–H groups in total. The molecule has 1 aromatic rings. The predicted octanol–water partition coefficient (Wildman–Crippen LogP) is 1.70. The van der Waals surface area contributed by atoms with E-state index in [2.05, 4.69) is 4.98 Å². The number of nitrogens with zero attached hydrogens (tertiary/aromatic N) is 1. The maximum atomic E-state index is 7.30. The molecule has 8 heavy (non-hydrogen) atoms. The fraction of sp³-hybridized carbons (Fsp3) is 0.286. The first-order valence-corrected chi connectivity index (χ1v) is 2.27. The van der Waals surface area contributed by atoms with Gasteiger partial charge < -0.3 is 0 Å². The Morgan fingerprint density at radius 1 is 1.75 bits per heavy atom. The summed E-state index contributed by atoms with van der Waals surface area (Å²) in [4.78, 5) is 3.53. The summed E-state index contributed by atoms with van der Waals surface area (Å²) in [5, 5.41) is 0. The van der Waals surface area contributed by atoms with Gasteiger partial charge in [-0.1, -0.05) is 0 Å². The standard InChI is InChI=1S/C7H9N/c1-6-3-4-8-5-7(6)2/h3-5H,1-2H3/i1D3,4D,5D. The zero-order chi connectivity index (χ0) is 10.2. The van der Waals surface area contributed by atoms with E-state index >= 15 is 0 Å². The smallest absolute Gasteiger partial charge is 0.0843 e. The van der Waals surface area contributed by atoms with Crippen LogP contribution in [0.4, 0.5) is 0 Å². The summed E-state index contributed by atoms with van der Waals surface area (Å²) in [5.41, 5.74) is 0.355. The number of pyridine rings is 1. The molecule has 0 aliphatic heterocycles. The van der Waals surface area contributed by atoms with Crippen LogP contribution in [0.25, 0.3) is 0 Å². The minimum atomic E-state index is -2.27. The summed E-state index contributed by atoms with van der Waals surface area (Å²) in [6.45, 7) is -0.741. The van der Waals surface area contributed by atoms with Gasteiger partial charge in [-0.05, 0) is 31.0 Å². The molecule has 0 amide bonds. The highest BCUT2D eigenvalue weighted by Crippen LogP contribution is 2.00. The number of aryl methyl sites for hydroxylation is 1. The summed E-state index contributed by atoms with van der Waals surface area (Å²) in [6.07, 6.45) is -0.319. The molecule has 0 aliphatic rings. The van der Waals surface area contributed by atoms with Crippen molar-refractivity contribution in [2.75, 3.05) is 0 Å². The van der Waals surface area contributed by atoms with Crippen molar-refractivity contribution in [2.45, 2.75) is 13.8 Å². The monoisotopic (exact) mass is 112 g/mol. The van der Waals surface area contributed by atoms with E-state index in [9.17, 15) is 0 Å². The number of rotatable bonds is 0. The minimum absolute atomic E-state index is 0.0394. The molecule has 0 unspecified atom stereocenters. The molecule has 0 saturated heterocycles. The van der Waals surface area contributed by atoms with Gasteiger partial charge in [-0.25, -0.2) is 0 Å². The van der Waals surface area contributed by atoms with E-state index in [1.165, 1.54) is 13.0 Å². The third-order valence-electron chi connectivity index (χ3n) is 0.901. The van der Waals surface area contributed by atoms with Crippen molar-refractivity contribution in [1.29, 1.82) is 0 Å². The molecule has 0 fully saturated rings. The van der Waals surface area contributed by atoms with Gasteiger partial charge in [0.15, 0.2) is 0 Å². The second-order valence-electron chi connectivity index (χ2n) is 1.54. The molecule has 1 heteroatoms. The lowest BCUT2D eigenvalue weighted by atomic mass is 10.2. The third kappa shape index (κ3) is 0.861. The van der Waals surface area contributed by atoms with Crippen molar-refractivity contribution in [2.24, 2.45) is 0 Å². The van der Waals surface area contributed by atoms with Gasteiger partial charge in [-0.2, -0.15) is 0 Å². The molecule has 0 bridgehead atoms. The topological polar surface area (TPSA) is 12.9 Å². The Morgan fingerprint density at radius 3 is 3.38 bits per heavy atom. The van der Waals surface area contributed by atoms with Crippen LogP contribution in [-0.2, 0) is 0 Å². The molecule has 0 atom stereocenters. The fourth-order valence-corrected chi connectivity index (χ4v) is 0.381. The van der Waals surface area contributed by atoms with Crippen molar-refractivity contribution in [3.8, 4) is 0 Å². The van der Waals surface area contributed by atoms with Crippen LogP contribution in [0.5, 0.6) is 0 Å². The van der Waals surface area contributed by atoms with Gasteiger partial charge >= 0.3 is 0 Å². The SMILES string of the molecule is [2H]c1cc(C([2H])([2H])[2H])c(C)c([2H])n1. The zero-order valence-corrected chi connectivity index (χ0v) is 4.52. The van der Waals surface area contributed by atoms with Crippen LogP contribution < -0.4 is 0 Å². The molecule has 0 spiro atoms. The predicted molar refractivity (Wildman–Crippen MR) is 33.7 cm³/mol. The van der Waals surface area contributed by atoms with Gasteiger partial charge in [-0.15, -0.1) is 0 Å². The van der Waals surface area contributed by atoms with Crippen molar-refractivity contribution in [3.63, 3.8) is 0 Å². The van der Waals surface area contributed by atoms with Crippen molar-refractivity contribution < 1.29 is 6.85 Å². The molecule has 0 saturated carbocycles. The number of aromatic nitrogens is 1. The third-order valence-corrected chi connectivity index (χ3v) is 0.901. The Labute approximate surface area is 56.4 Å².